The van der Waals surface area contributed by atoms with E-state index in [9.17, 15) is 19.6 Å². The van der Waals surface area contributed by atoms with Crippen molar-refractivity contribution >= 4 is 74.4 Å². The Hall–Kier alpha value is -2.51. The predicted molar refractivity (Wildman–Crippen MR) is 131 cm³/mol. The van der Waals surface area contributed by atoms with Crippen LogP contribution in [0.3, 0.4) is 0 Å². The molecule has 0 aliphatic carbocycles. The first-order chi connectivity index (χ1) is 15.7. The molecular formula is C22H16BrCl2N3O4S. The number of amides is 2. The number of carbonyl (C=O) groups excluding carboxylic acids is 3. The van der Waals surface area contributed by atoms with Gasteiger partial charge in [0.1, 0.15) is 5.92 Å². The van der Waals surface area contributed by atoms with E-state index in [-0.39, 0.29) is 16.4 Å². The Morgan fingerprint density at radius 2 is 1.94 bits per heavy atom. The van der Waals surface area contributed by atoms with Crippen molar-refractivity contribution in [3.63, 3.8) is 0 Å². The van der Waals surface area contributed by atoms with Gasteiger partial charge in [-0.15, -0.1) is 0 Å². The standard InChI is InChI=1S/C22H16BrCl2N3O4S/c1-32-22(31)19-18(11-3-2-4-12(23)5-11)16(9-26)21(28-20(19)30)33-10-17(29)27-15-7-13(24)6-14(25)8-15/h2-8,18-19H,10H2,1H3,(H,27,29)(H,28,30)/t18-,19-/m0/s1. The number of benzene rings is 2. The summed E-state index contributed by atoms with van der Waals surface area (Å²) >= 11 is 16.3. The number of anilines is 1. The molecule has 2 aromatic rings. The third kappa shape index (κ3) is 6.09. The number of esters is 1. The molecular weight excluding hydrogens is 553 g/mol. The molecule has 0 spiro atoms. The lowest BCUT2D eigenvalue weighted by Gasteiger charge is -2.31. The minimum Gasteiger partial charge on any atom is -0.468 e. The van der Waals surface area contributed by atoms with Crippen LogP contribution in [-0.2, 0) is 19.1 Å². The van der Waals surface area contributed by atoms with Gasteiger partial charge in [-0.1, -0.05) is 63.0 Å². The molecule has 0 saturated carbocycles. The first-order valence-electron chi connectivity index (χ1n) is 9.40. The topological polar surface area (TPSA) is 108 Å². The number of nitrogens with zero attached hydrogens (tertiary/aromatic N) is 1. The lowest BCUT2D eigenvalue weighted by molar-refractivity contribution is -0.150. The molecule has 0 radical (unpaired) electrons. The number of halogens is 3. The van der Waals surface area contributed by atoms with Crippen LogP contribution in [0.15, 0.2) is 57.5 Å². The number of hydrogen-bond acceptors (Lipinski definition) is 6. The molecule has 1 aliphatic heterocycles. The number of rotatable bonds is 6. The van der Waals surface area contributed by atoms with Gasteiger partial charge in [0.05, 0.1) is 29.5 Å². The third-order valence-corrected chi connectivity index (χ3v) is 6.63. The Bertz CT molecular complexity index is 1180. The smallest absolute Gasteiger partial charge is 0.319 e. The Morgan fingerprint density at radius 3 is 2.55 bits per heavy atom. The fourth-order valence-corrected chi connectivity index (χ4v) is 5.13. The molecule has 2 atom stereocenters. The quantitative estimate of drug-likeness (QED) is 0.380. The van der Waals surface area contributed by atoms with Crippen molar-refractivity contribution < 1.29 is 19.1 Å². The molecule has 0 aromatic heterocycles. The number of thioether (sulfide) groups is 1. The average molecular weight is 569 g/mol. The zero-order valence-corrected chi connectivity index (χ0v) is 20.9. The molecule has 0 bridgehead atoms. The van der Waals surface area contributed by atoms with Crippen molar-refractivity contribution in [1.82, 2.24) is 5.32 Å². The van der Waals surface area contributed by atoms with Crippen LogP contribution in [0, 0.1) is 17.2 Å². The van der Waals surface area contributed by atoms with Gasteiger partial charge in [0.15, 0.2) is 0 Å². The van der Waals surface area contributed by atoms with Crippen LogP contribution in [0.1, 0.15) is 11.5 Å². The zero-order chi connectivity index (χ0) is 24.1. The molecule has 3 rings (SSSR count). The van der Waals surface area contributed by atoms with Gasteiger partial charge in [-0.3, -0.25) is 14.4 Å². The normalized spacial score (nSPS) is 17.7. The highest BCUT2D eigenvalue weighted by molar-refractivity contribution is 9.10. The second-order valence-corrected chi connectivity index (χ2v) is 9.65. The van der Waals surface area contributed by atoms with E-state index < -0.39 is 29.6 Å². The fraction of sp³-hybridized carbons (Fsp3) is 0.182. The molecule has 2 N–H and O–H groups in total. The Kier molecular flexibility index (Phi) is 8.43. The molecule has 0 unspecified atom stereocenters. The van der Waals surface area contributed by atoms with Gasteiger partial charge in [0, 0.05) is 26.1 Å². The van der Waals surface area contributed by atoms with Crippen LogP contribution in [0.5, 0.6) is 0 Å². The average Bonchev–Trinajstić information content (AvgIpc) is 2.75. The van der Waals surface area contributed by atoms with E-state index in [0.29, 0.717) is 21.3 Å². The molecule has 0 fully saturated rings. The number of ether oxygens (including phenoxy) is 1. The molecule has 1 heterocycles. The molecule has 33 heavy (non-hydrogen) atoms. The van der Waals surface area contributed by atoms with E-state index in [2.05, 4.69) is 32.6 Å². The van der Waals surface area contributed by atoms with Gasteiger partial charge >= 0.3 is 5.97 Å². The Labute approximate surface area is 212 Å². The minimum atomic E-state index is -1.24. The summed E-state index contributed by atoms with van der Waals surface area (Å²) in [5.74, 6) is -4.00. The summed E-state index contributed by atoms with van der Waals surface area (Å²) in [6, 6.07) is 13.7. The third-order valence-electron chi connectivity index (χ3n) is 4.69. The zero-order valence-electron chi connectivity index (χ0n) is 17.0. The van der Waals surface area contributed by atoms with Crippen molar-refractivity contribution in [2.75, 3.05) is 18.2 Å². The van der Waals surface area contributed by atoms with Crippen LogP contribution in [0.4, 0.5) is 5.69 Å². The molecule has 1 aliphatic rings. The van der Waals surface area contributed by atoms with Gasteiger partial charge in [-0.25, -0.2) is 0 Å². The van der Waals surface area contributed by atoms with E-state index in [1.165, 1.54) is 13.2 Å². The second-order valence-electron chi connectivity index (χ2n) is 6.87. The Morgan fingerprint density at radius 1 is 1.24 bits per heavy atom. The van der Waals surface area contributed by atoms with Crippen molar-refractivity contribution in [3.05, 3.63) is 73.1 Å². The summed E-state index contributed by atoms with van der Waals surface area (Å²) in [7, 11) is 1.18. The SMILES string of the molecule is COC(=O)[C@@H]1C(=O)NC(SCC(=O)Nc2cc(Cl)cc(Cl)c2)=C(C#N)[C@@H]1c1cccc(Br)c1. The number of carbonyl (C=O) groups is 3. The summed E-state index contributed by atoms with van der Waals surface area (Å²) in [6.07, 6.45) is 0. The van der Waals surface area contributed by atoms with E-state index in [1.54, 1.807) is 36.4 Å². The summed E-state index contributed by atoms with van der Waals surface area (Å²) < 4.78 is 5.54. The van der Waals surface area contributed by atoms with Gasteiger partial charge in [-0.05, 0) is 35.9 Å². The van der Waals surface area contributed by atoms with Crippen molar-refractivity contribution in [1.29, 1.82) is 5.26 Å². The highest BCUT2D eigenvalue weighted by atomic mass is 79.9. The van der Waals surface area contributed by atoms with E-state index in [0.717, 1.165) is 16.2 Å². The van der Waals surface area contributed by atoms with Gasteiger partial charge < -0.3 is 15.4 Å². The first-order valence-corrected chi connectivity index (χ1v) is 11.9. The van der Waals surface area contributed by atoms with Crippen LogP contribution in [0.25, 0.3) is 0 Å². The molecule has 2 aromatic carbocycles. The molecule has 2 amide bonds. The van der Waals surface area contributed by atoms with Gasteiger partial charge in [0.2, 0.25) is 11.8 Å². The van der Waals surface area contributed by atoms with Crippen molar-refractivity contribution in [2.45, 2.75) is 5.92 Å². The predicted octanol–water partition coefficient (Wildman–Crippen LogP) is 4.87. The molecule has 0 saturated heterocycles. The number of nitrogens with one attached hydrogen (secondary N) is 2. The van der Waals surface area contributed by atoms with E-state index >= 15 is 0 Å². The summed E-state index contributed by atoms with van der Waals surface area (Å²) in [5, 5.41) is 16.1. The summed E-state index contributed by atoms with van der Waals surface area (Å²) in [6.45, 7) is 0. The largest absolute Gasteiger partial charge is 0.468 e. The van der Waals surface area contributed by atoms with Crippen molar-refractivity contribution in [3.8, 4) is 6.07 Å². The monoisotopic (exact) mass is 567 g/mol. The number of nitriles is 1. The second kappa shape index (κ2) is 11.1. The van der Waals surface area contributed by atoms with Gasteiger partial charge in [-0.2, -0.15) is 5.26 Å². The van der Waals surface area contributed by atoms with E-state index in [1.807, 2.05) is 0 Å². The molecule has 170 valence electrons. The maximum atomic E-state index is 12.8. The highest BCUT2D eigenvalue weighted by Gasteiger charge is 2.44. The summed E-state index contributed by atoms with van der Waals surface area (Å²) in [5.41, 5.74) is 1.16. The van der Waals surface area contributed by atoms with Gasteiger partial charge in [0.25, 0.3) is 0 Å². The van der Waals surface area contributed by atoms with Crippen LogP contribution in [-0.4, -0.2) is 30.6 Å². The minimum absolute atomic E-state index is 0.112. The first kappa shape index (κ1) is 25.1. The lowest BCUT2D eigenvalue weighted by Crippen LogP contribution is -2.44. The van der Waals surface area contributed by atoms with Crippen LogP contribution < -0.4 is 10.6 Å². The van der Waals surface area contributed by atoms with Crippen LogP contribution >= 0.6 is 50.9 Å². The maximum absolute atomic E-state index is 12.8. The molecule has 11 heteroatoms. The number of hydrogen-bond donors (Lipinski definition) is 2. The Balaban J connectivity index is 1.89. The van der Waals surface area contributed by atoms with Crippen LogP contribution in [0.2, 0.25) is 10.0 Å². The fourth-order valence-electron chi connectivity index (χ4n) is 3.34. The highest BCUT2D eigenvalue weighted by Crippen LogP contribution is 2.40. The lowest BCUT2D eigenvalue weighted by atomic mass is 9.78. The number of allylic oxidation sites excluding steroid dienone is 1. The maximum Gasteiger partial charge on any atom is 0.319 e. The molecule has 7 nitrogen and oxygen atoms in total. The van der Waals surface area contributed by atoms with E-state index in [4.69, 9.17) is 27.9 Å². The number of methoxy groups -OCH3 is 1. The van der Waals surface area contributed by atoms with Crippen molar-refractivity contribution in [2.24, 2.45) is 5.92 Å². The summed E-state index contributed by atoms with van der Waals surface area (Å²) in [4.78, 5) is 37.7.